The topological polar surface area (TPSA) is 123 Å². The molecule has 2 aromatic heterocycles. The minimum Gasteiger partial charge on any atom is -0.476 e. The van der Waals surface area contributed by atoms with E-state index in [9.17, 15) is 20.0 Å². The first-order valence-electron chi connectivity index (χ1n) is 9.92. The summed E-state index contributed by atoms with van der Waals surface area (Å²) in [7, 11) is 0. The lowest BCUT2D eigenvalue weighted by Crippen LogP contribution is -2.04. The molecular formula is C24H16N4O5. The van der Waals surface area contributed by atoms with E-state index in [0.717, 1.165) is 0 Å². The molecule has 0 saturated heterocycles. The molecule has 33 heavy (non-hydrogen) atoms. The molecular weight excluding hydrogens is 424 g/mol. The van der Waals surface area contributed by atoms with Crippen molar-refractivity contribution in [2.75, 3.05) is 0 Å². The van der Waals surface area contributed by atoms with Gasteiger partial charge in [0.25, 0.3) is 5.69 Å². The summed E-state index contributed by atoms with van der Waals surface area (Å²) in [6, 6.07) is 22.4. The number of rotatable bonds is 6. The highest BCUT2D eigenvalue weighted by molar-refractivity contribution is 5.96. The third-order valence-electron chi connectivity index (χ3n) is 5.15. The Balaban J connectivity index is 1.56. The summed E-state index contributed by atoms with van der Waals surface area (Å²) < 4.78 is 7.09. The average Bonchev–Trinajstić information content (AvgIpc) is 3.39. The predicted octanol–water partition coefficient (Wildman–Crippen LogP) is 5.40. The summed E-state index contributed by atoms with van der Waals surface area (Å²) in [4.78, 5) is 25.9. The highest BCUT2D eigenvalue weighted by atomic mass is 16.6. The Morgan fingerprint density at radius 1 is 0.970 bits per heavy atom. The van der Waals surface area contributed by atoms with Gasteiger partial charge in [-0.2, -0.15) is 5.10 Å². The third-order valence-corrected chi connectivity index (χ3v) is 5.15. The van der Waals surface area contributed by atoms with Crippen molar-refractivity contribution in [3.63, 3.8) is 0 Å². The van der Waals surface area contributed by atoms with Gasteiger partial charge < -0.3 is 14.8 Å². The van der Waals surface area contributed by atoms with Crippen molar-refractivity contribution in [2.24, 2.45) is 0 Å². The van der Waals surface area contributed by atoms with Crippen LogP contribution < -0.4 is 4.74 Å². The largest absolute Gasteiger partial charge is 0.476 e. The quantitative estimate of drug-likeness (QED) is 0.269. The Bertz CT molecular complexity index is 1490. The SMILES string of the molecule is O=C(O)c1c(-c2ccc(Oc3ccccc3)cc2)[nH]c2c(-c3cccc([N+](=O)[O-])c3)cnn12. The smallest absolute Gasteiger partial charge is 0.356 e. The van der Waals surface area contributed by atoms with Crippen molar-refractivity contribution in [1.29, 1.82) is 0 Å². The van der Waals surface area contributed by atoms with Crippen LogP contribution in [0.2, 0.25) is 0 Å². The molecule has 0 unspecified atom stereocenters. The maximum Gasteiger partial charge on any atom is 0.356 e. The molecule has 0 atom stereocenters. The van der Waals surface area contributed by atoms with Crippen LogP contribution in [0.15, 0.2) is 85.1 Å². The first kappa shape index (κ1) is 20.0. The normalized spacial score (nSPS) is 10.9. The number of fused-ring (bicyclic) bond motifs is 1. The van der Waals surface area contributed by atoms with Gasteiger partial charge in [0.2, 0.25) is 0 Å². The van der Waals surface area contributed by atoms with Crippen LogP contribution in [0.5, 0.6) is 11.5 Å². The summed E-state index contributed by atoms with van der Waals surface area (Å²) in [6.07, 6.45) is 1.48. The summed E-state index contributed by atoms with van der Waals surface area (Å²) in [5, 5.41) is 25.2. The van der Waals surface area contributed by atoms with Crippen molar-refractivity contribution in [1.82, 2.24) is 14.6 Å². The number of H-pyrrole nitrogens is 1. The highest BCUT2D eigenvalue weighted by Gasteiger charge is 2.23. The van der Waals surface area contributed by atoms with Crippen LogP contribution in [-0.2, 0) is 0 Å². The lowest BCUT2D eigenvalue weighted by Gasteiger charge is -2.06. The number of aromatic amines is 1. The Morgan fingerprint density at radius 2 is 1.70 bits per heavy atom. The van der Waals surface area contributed by atoms with E-state index in [1.165, 1.54) is 22.8 Å². The standard InChI is InChI=1S/C24H16N4O5/c29-24(30)22-21(15-9-11-19(12-10-15)33-18-7-2-1-3-8-18)26-23-20(14-25-27(22)23)16-5-4-6-17(13-16)28(31)32/h1-14,26H,(H,29,30). The number of hydrogen-bond acceptors (Lipinski definition) is 5. The monoisotopic (exact) mass is 440 g/mol. The van der Waals surface area contributed by atoms with E-state index < -0.39 is 10.9 Å². The minimum atomic E-state index is -1.16. The number of nitrogens with zero attached hydrogens (tertiary/aromatic N) is 3. The molecule has 2 heterocycles. The van der Waals surface area contributed by atoms with E-state index >= 15 is 0 Å². The van der Waals surface area contributed by atoms with E-state index in [-0.39, 0.29) is 11.4 Å². The van der Waals surface area contributed by atoms with Gasteiger partial charge in [-0.1, -0.05) is 30.3 Å². The fourth-order valence-corrected chi connectivity index (χ4v) is 3.64. The highest BCUT2D eigenvalue weighted by Crippen LogP contribution is 2.33. The zero-order chi connectivity index (χ0) is 22.9. The Hall–Kier alpha value is -4.92. The summed E-state index contributed by atoms with van der Waals surface area (Å²) in [5.74, 6) is 0.140. The second-order valence-electron chi connectivity index (χ2n) is 7.22. The first-order valence-corrected chi connectivity index (χ1v) is 9.92. The maximum absolute atomic E-state index is 12.1. The van der Waals surface area contributed by atoms with E-state index in [1.54, 1.807) is 36.4 Å². The Kier molecular flexibility index (Phi) is 4.83. The average molecular weight is 440 g/mol. The molecule has 0 saturated carbocycles. The molecule has 0 amide bonds. The number of para-hydroxylation sites is 1. The molecule has 0 spiro atoms. The fraction of sp³-hybridized carbons (Fsp3) is 0. The summed E-state index contributed by atoms with van der Waals surface area (Å²) in [6.45, 7) is 0. The van der Waals surface area contributed by atoms with E-state index in [1.807, 2.05) is 30.3 Å². The molecule has 0 aliphatic carbocycles. The van der Waals surface area contributed by atoms with Crippen molar-refractivity contribution in [2.45, 2.75) is 0 Å². The van der Waals surface area contributed by atoms with Gasteiger partial charge in [-0.15, -0.1) is 0 Å². The number of carboxylic acid groups (broad SMARTS) is 1. The van der Waals surface area contributed by atoms with Crippen LogP contribution in [0.3, 0.4) is 0 Å². The van der Waals surface area contributed by atoms with Gasteiger partial charge in [-0.3, -0.25) is 10.1 Å². The molecule has 0 bridgehead atoms. The number of aromatic nitrogens is 3. The Labute approximate surface area is 186 Å². The number of imidazole rings is 1. The number of nitro benzene ring substituents is 1. The number of nitrogens with one attached hydrogen (secondary N) is 1. The number of benzene rings is 3. The van der Waals surface area contributed by atoms with Gasteiger partial charge >= 0.3 is 5.97 Å². The number of carboxylic acids is 1. The summed E-state index contributed by atoms with van der Waals surface area (Å²) in [5.41, 5.74) is 2.41. The zero-order valence-corrected chi connectivity index (χ0v) is 17.0. The number of aromatic carboxylic acids is 1. The molecule has 162 valence electrons. The lowest BCUT2D eigenvalue weighted by molar-refractivity contribution is -0.384. The van der Waals surface area contributed by atoms with E-state index in [0.29, 0.717) is 39.5 Å². The molecule has 5 aromatic rings. The molecule has 5 rings (SSSR count). The zero-order valence-electron chi connectivity index (χ0n) is 17.0. The molecule has 0 aliphatic heterocycles. The molecule has 0 fully saturated rings. The van der Waals surface area contributed by atoms with Crippen molar-refractivity contribution < 1.29 is 19.6 Å². The second kappa shape index (κ2) is 7.97. The van der Waals surface area contributed by atoms with Crippen LogP contribution in [0.4, 0.5) is 5.69 Å². The molecule has 2 N–H and O–H groups in total. The van der Waals surface area contributed by atoms with Gasteiger partial charge in [0, 0.05) is 23.3 Å². The van der Waals surface area contributed by atoms with Crippen molar-refractivity contribution >= 4 is 17.3 Å². The van der Waals surface area contributed by atoms with Crippen LogP contribution >= 0.6 is 0 Å². The number of ether oxygens (including phenoxy) is 1. The fourth-order valence-electron chi connectivity index (χ4n) is 3.64. The van der Waals surface area contributed by atoms with E-state index in [4.69, 9.17) is 4.74 Å². The molecule has 0 aliphatic rings. The lowest BCUT2D eigenvalue weighted by atomic mass is 10.1. The number of nitro groups is 1. The van der Waals surface area contributed by atoms with Crippen LogP contribution in [-0.4, -0.2) is 30.6 Å². The molecule has 9 heteroatoms. The van der Waals surface area contributed by atoms with Gasteiger partial charge in [0.1, 0.15) is 17.1 Å². The number of hydrogen-bond donors (Lipinski definition) is 2. The minimum absolute atomic E-state index is 0.0431. The molecule has 3 aromatic carbocycles. The molecule has 9 nitrogen and oxygen atoms in total. The second-order valence-corrected chi connectivity index (χ2v) is 7.22. The van der Waals surface area contributed by atoms with Crippen LogP contribution in [0.1, 0.15) is 10.5 Å². The Morgan fingerprint density at radius 3 is 2.39 bits per heavy atom. The number of non-ortho nitro benzene ring substituents is 1. The van der Waals surface area contributed by atoms with Crippen molar-refractivity contribution in [3.05, 3.63) is 101 Å². The molecule has 0 radical (unpaired) electrons. The van der Waals surface area contributed by atoms with Gasteiger partial charge in [-0.05, 0) is 42.0 Å². The van der Waals surface area contributed by atoms with Crippen molar-refractivity contribution in [3.8, 4) is 33.9 Å². The van der Waals surface area contributed by atoms with Crippen LogP contribution in [0.25, 0.3) is 28.0 Å². The van der Waals surface area contributed by atoms with Gasteiger partial charge in [0.05, 0.1) is 16.8 Å². The van der Waals surface area contributed by atoms with E-state index in [2.05, 4.69) is 10.1 Å². The maximum atomic E-state index is 12.1. The number of carbonyl (C=O) groups is 1. The first-order chi connectivity index (χ1) is 16.0. The third kappa shape index (κ3) is 3.68. The van der Waals surface area contributed by atoms with Gasteiger partial charge in [0.15, 0.2) is 5.69 Å². The predicted molar refractivity (Wildman–Crippen MR) is 121 cm³/mol. The van der Waals surface area contributed by atoms with Gasteiger partial charge in [-0.25, -0.2) is 9.31 Å². The van der Waals surface area contributed by atoms with Crippen LogP contribution in [0, 0.1) is 10.1 Å². The summed E-state index contributed by atoms with van der Waals surface area (Å²) >= 11 is 0.